The van der Waals surface area contributed by atoms with Gasteiger partial charge in [0.2, 0.25) is 5.91 Å². The lowest BCUT2D eigenvalue weighted by atomic mass is 10.1. The van der Waals surface area contributed by atoms with Crippen molar-refractivity contribution in [3.8, 4) is 5.75 Å². The summed E-state index contributed by atoms with van der Waals surface area (Å²) in [5.41, 5.74) is 0.878. The van der Waals surface area contributed by atoms with E-state index in [0.29, 0.717) is 6.42 Å². The minimum Gasteiger partial charge on any atom is -0.508 e. The maximum Gasteiger partial charge on any atom is 0.236 e. The number of rotatable bonds is 3. The normalized spacial score (nSPS) is 10.4. The number of hydrogen-bond acceptors (Lipinski definition) is 3. The summed E-state index contributed by atoms with van der Waals surface area (Å²) in [5.74, 6) is 0.969. The first kappa shape index (κ1) is 11.4. The first-order valence-corrected chi connectivity index (χ1v) is 5.54. The molecule has 17 heavy (non-hydrogen) atoms. The van der Waals surface area contributed by atoms with E-state index in [1.807, 2.05) is 6.92 Å². The van der Waals surface area contributed by atoms with Gasteiger partial charge >= 0.3 is 0 Å². The molecule has 1 aromatic heterocycles. The Hall–Kier alpha value is -2.10. The molecule has 0 bridgehead atoms. The fraction of sp³-hybridized carbons (Fsp3) is 0.231. The Labute approximate surface area is 99.5 Å². The van der Waals surface area contributed by atoms with Crippen molar-refractivity contribution in [1.82, 2.24) is 9.55 Å². The van der Waals surface area contributed by atoms with E-state index < -0.39 is 0 Å². The van der Waals surface area contributed by atoms with Crippen LogP contribution in [-0.4, -0.2) is 20.6 Å². The molecule has 0 unspecified atom stereocenters. The third-order valence-electron chi connectivity index (χ3n) is 2.59. The van der Waals surface area contributed by atoms with E-state index in [9.17, 15) is 4.79 Å². The first-order chi connectivity index (χ1) is 8.20. The fourth-order valence-corrected chi connectivity index (χ4v) is 1.70. The Morgan fingerprint density at radius 2 is 2.06 bits per heavy atom. The molecule has 1 heterocycles. The van der Waals surface area contributed by atoms with E-state index in [1.165, 1.54) is 0 Å². The minimum absolute atomic E-state index is 0.00922. The second kappa shape index (κ2) is 4.82. The maximum atomic E-state index is 12.0. The second-order valence-electron chi connectivity index (χ2n) is 3.80. The molecule has 0 spiro atoms. The zero-order chi connectivity index (χ0) is 12.3. The van der Waals surface area contributed by atoms with Crippen molar-refractivity contribution in [3.05, 3.63) is 48.0 Å². The van der Waals surface area contributed by atoms with Crippen LogP contribution in [0, 0.1) is 0 Å². The van der Waals surface area contributed by atoms with Crippen molar-refractivity contribution >= 4 is 5.91 Å². The Morgan fingerprint density at radius 3 is 2.71 bits per heavy atom. The number of carbonyl (C=O) groups is 1. The fourth-order valence-electron chi connectivity index (χ4n) is 1.70. The van der Waals surface area contributed by atoms with Gasteiger partial charge in [-0.3, -0.25) is 9.36 Å². The third kappa shape index (κ3) is 2.53. The van der Waals surface area contributed by atoms with E-state index >= 15 is 0 Å². The van der Waals surface area contributed by atoms with E-state index in [4.69, 9.17) is 5.11 Å². The van der Waals surface area contributed by atoms with Gasteiger partial charge in [-0.25, -0.2) is 4.98 Å². The Morgan fingerprint density at radius 1 is 1.35 bits per heavy atom. The molecular formula is C13H14N2O2. The van der Waals surface area contributed by atoms with Crippen LogP contribution in [0.4, 0.5) is 0 Å². The molecule has 4 nitrogen and oxygen atoms in total. The van der Waals surface area contributed by atoms with Gasteiger partial charge in [0.05, 0.1) is 6.42 Å². The lowest BCUT2D eigenvalue weighted by Gasteiger charge is -2.05. The smallest absolute Gasteiger partial charge is 0.236 e. The highest BCUT2D eigenvalue weighted by atomic mass is 16.3. The number of nitrogens with zero attached hydrogens (tertiary/aromatic N) is 2. The number of hydrogen-bond donors (Lipinski definition) is 1. The molecule has 0 amide bonds. The predicted octanol–water partition coefficient (Wildman–Crippen LogP) is 2.03. The highest BCUT2D eigenvalue weighted by Crippen LogP contribution is 2.11. The molecule has 0 saturated heterocycles. The van der Waals surface area contributed by atoms with Crippen LogP contribution in [0.2, 0.25) is 0 Å². The Kier molecular flexibility index (Phi) is 3.23. The van der Waals surface area contributed by atoms with Crippen LogP contribution in [0.25, 0.3) is 0 Å². The highest BCUT2D eigenvalue weighted by molar-refractivity contribution is 5.81. The number of phenols is 1. The van der Waals surface area contributed by atoms with Gasteiger partial charge in [-0.05, 0) is 17.7 Å². The summed E-state index contributed by atoms with van der Waals surface area (Å²) in [4.78, 5) is 16.1. The van der Waals surface area contributed by atoms with Crippen LogP contribution >= 0.6 is 0 Å². The predicted molar refractivity (Wildman–Crippen MR) is 64.0 cm³/mol. The molecule has 88 valence electrons. The molecule has 0 radical (unpaired) electrons. The topological polar surface area (TPSA) is 55.1 Å². The highest BCUT2D eigenvalue weighted by Gasteiger charge is 2.09. The van der Waals surface area contributed by atoms with Crippen LogP contribution < -0.4 is 0 Å². The molecule has 2 rings (SSSR count). The van der Waals surface area contributed by atoms with Crippen LogP contribution in [0.5, 0.6) is 5.75 Å². The van der Waals surface area contributed by atoms with Gasteiger partial charge < -0.3 is 5.11 Å². The molecule has 2 aromatic rings. The summed E-state index contributed by atoms with van der Waals surface area (Å²) in [6.45, 7) is 1.96. The maximum absolute atomic E-state index is 12.0. The number of imidazole rings is 1. The summed E-state index contributed by atoms with van der Waals surface area (Å²) in [6, 6.07) is 6.65. The summed E-state index contributed by atoms with van der Waals surface area (Å²) >= 11 is 0. The lowest BCUT2D eigenvalue weighted by molar-refractivity contribution is 0.0910. The van der Waals surface area contributed by atoms with E-state index in [0.717, 1.165) is 17.8 Å². The summed E-state index contributed by atoms with van der Waals surface area (Å²) < 4.78 is 1.58. The molecule has 0 aliphatic heterocycles. The summed E-state index contributed by atoms with van der Waals surface area (Å²) in [7, 11) is 0. The second-order valence-corrected chi connectivity index (χ2v) is 3.80. The molecule has 1 N–H and O–H groups in total. The molecule has 4 heteroatoms. The van der Waals surface area contributed by atoms with Crippen LogP contribution in [-0.2, 0) is 12.8 Å². The van der Waals surface area contributed by atoms with Gasteiger partial charge in [0.1, 0.15) is 11.6 Å². The SMILES string of the molecule is CCc1nccn1C(=O)Cc1ccc(O)cc1. The number of phenolic OH excluding ortho intramolecular Hbond substituents is 1. The van der Waals surface area contributed by atoms with Gasteiger partial charge in [0, 0.05) is 18.8 Å². The van der Waals surface area contributed by atoms with Crippen LogP contribution in [0.15, 0.2) is 36.7 Å². The van der Waals surface area contributed by atoms with Crippen molar-refractivity contribution in [2.75, 3.05) is 0 Å². The zero-order valence-corrected chi connectivity index (χ0v) is 9.63. The minimum atomic E-state index is -0.00922. The quantitative estimate of drug-likeness (QED) is 0.877. The zero-order valence-electron chi connectivity index (χ0n) is 9.63. The molecule has 0 saturated carbocycles. The van der Waals surface area contributed by atoms with E-state index in [-0.39, 0.29) is 11.7 Å². The van der Waals surface area contributed by atoms with Crippen LogP contribution in [0.1, 0.15) is 23.1 Å². The number of carbonyl (C=O) groups excluding carboxylic acids is 1. The van der Waals surface area contributed by atoms with Crippen molar-refractivity contribution in [2.45, 2.75) is 19.8 Å². The number of aromatic nitrogens is 2. The van der Waals surface area contributed by atoms with Crippen molar-refractivity contribution in [3.63, 3.8) is 0 Å². The average Bonchev–Trinajstić information content (AvgIpc) is 2.80. The third-order valence-corrected chi connectivity index (χ3v) is 2.59. The molecule has 0 aliphatic carbocycles. The van der Waals surface area contributed by atoms with Gasteiger partial charge in [0.15, 0.2) is 0 Å². The number of aryl methyl sites for hydroxylation is 1. The van der Waals surface area contributed by atoms with Gasteiger partial charge in [0.25, 0.3) is 0 Å². The van der Waals surface area contributed by atoms with Crippen molar-refractivity contribution in [2.24, 2.45) is 0 Å². The van der Waals surface area contributed by atoms with Gasteiger partial charge in [-0.2, -0.15) is 0 Å². The number of benzene rings is 1. The van der Waals surface area contributed by atoms with E-state index in [2.05, 4.69) is 4.98 Å². The molecule has 1 aromatic carbocycles. The lowest BCUT2D eigenvalue weighted by Crippen LogP contribution is -2.15. The van der Waals surface area contributed by atoms with Gasteiger partial charge in [-0.1, -0.05) is 19.1 Å². The summed E-state index contributed by atoms with van der Waals surface area (Å²) in [6.07, 6.45) is 4.35. The number of aromatic hydroxyl groups is 1. The molecular weight excluding hydrogens is 216 g/mol. The van der Waals surface area contributed by atoms with E-state index in [1.54, 1.807) is 41.2 Å². The van der Waals surface area contributed by atoms with Gasteiger partial charge in [-0.15, -0.1) is 0 Å². The average molecular weight is 230 g/mol. The largest absolute Gasteiger partial charge is 0.508 e. The van der Waals surface area contributed by atoms with Crippen LogP contribution in [0.3, 0.4) is 0 Å². The van der Waals surface area contributed by atoms with Crippen molar-refractivity contribution in [1.29, 1.82) is 0 Å². The Bertz CT molecular complexity index is 514. The first-order valence-electron chi connectivity index (χ1n) is 5.54. The standard InChI is InChI=1S/C13H14N2O2/c1-2-12-14-7-8-15(12)13(17)9-10-3-5-11(16)6-4-10/h3-8,16H,2,9H2,1H3. The monoisotopic (exact) mass is 230 g/mol. The molecule has 0 aliphatic rings. The molecule has 0 fully saturated rings. The summed E-state index contributed by atoms with van der Waals surface area (Å²) in [5, 5.41) is 9.16. The van der Waals surface area contributed by atoms with Crippen molar-refractivity contribution < 1.29 is 9.90 Å². The Balaban J connectivity index is 2.14. The molecule has 0 atom stereocenters.